The van der Waals surface area contributed by atoms with Crippen molar-refractivity contribution in [3.05, 3.63) is 18.2 Å². The average molecular weight is 322 g/mol. The molecule has 0 aromatic heterocycles. The molecule has 0 spiro atoms. The number of para-hydroxylation sites is 1. The van der Waals surface area contributed by atoms with Gasteiger partial charge in [0.25, 0.3) is 0 Å². The van der Waals surface area contributed by atoms with Gasteiger partial charge < -0.3 is 14.9 Å². The van der Waals surface area contributed by atoms with Gasteiger partial charge in [0, 0.05) is 0 Å². The summed E-state index contributed by atoms with van der Waals surface area (Å²) in [5.74, 6) is 0.145. The molecule has 3 heteroatoms. The first-order valence-corrected chi connectivity index (χ1v) is 9.36. The van der Waals surface area contributed by atoms with Crippen LogP contribution in [-0.4, -0.2) is 16.3 Å². The molecule has 0 aliphatic rings. The van der Waals surface area contributed by atoms with Crippen molar-refractivity contribution in [2.45, 2.75) is 90.6 Å². The lowest BCUT2D eigenvalue weighted by atomic mass is 10.0. The van der Waals surface area contributed by atoms with Crippen LogP contribution in [0, 0.1) is 0 Å². The number of aromatic hydroxyl groups is 2. The Balaban J connectivity index is 2.50. The summed E-state index contributed by atoms with van der Waals surface area (Å²) in [4.78, 5) is 0. The Morgan fingerprint density at radius 3 is 2.00 bits per heavy atom. The highest BCUT2D eigenvalue weighted by molar-refractivity contribution is 5.48. The summed E-state index contributed by atoms with van der Waals surface area (Å²) in [6.45, 7) is 4.44. The lowest BCUT2D eigenvalue weighted by Gasteiger charge is -2.20. The summed E-state index contributed by atoms with van der Waals surface area (Å²) in [5.41, 5.74) is 0. The van der Waals surface area contributed by atoms with Crippen LogP contribution in [0.2, 0.25) is 0 Å². The van der Waals surface area contributed by atoms with Gasteiger partial charge in [-0.25, -0.2) is 0 Å². The minimum atomic E-state index is -0.142. The molecule has 2 N–H and O–H groups in total. The van der Waals surface area contributed by atoms with Crippen molar-refractivity contribution in [2.75, 3.05) is 0 Å². The van der Waals surface area contributed by atoms with Crippen LogP contribution in [0.15, 0.2) is 18.2 Å². The molecule has 0 heterocycles. The monoisotopic (exact) mass is 322 g/mol. The van der Waals surface area contributed by atoms with Crippen molar-refractivity contribution in [3.63, 3.8) is 0 Å². The highest BCUT2D eigenvalue weighted by Crippen LogP contribution is 2.36. The standard InChI is InChI=1S/C20H34O3/c1-3-5-7-9-11-14-17(13-10-8-6-4-2)23-19-16-12-15-18(21)20(19)22/h12,15-17,21-22H,3-11,13-14H2,1-2H3. The van der Waals surface area contributed by atoms with Crippen LogP contribution in [0.5, 0.6) is 17.2 Å². The van der Waals surface area contributed by atoms with Gasteiger partial charge in [0.15, 0.2) is 11.5 Å². The van der Waals surface area contributed by atoms with Crippen LogP contribution < -0.4 is 4.74 Å². The van der Waals surface area contributed by atoms with Gasteiger partial charge in [0.2, 0.25) is 5.75 Å². The maximum absolute atomic E-state index is 9.92. The number of benzene rings is 1. The van der Waals surface area contributed by atoms with E-state index in [1.54, 1.807) is 12.1 Å². The molecule has 0 aliphatic heterocycles. The largest absolute Gasteiger partial charge is 0.504 e. The number of rotatable bonds is 13. The third-order valence-corrected chi connectivity index (χ3v) is 4.28. The normalized spacial score (nSPS) is 12.3. The molecular weight excluding hydrogens is 288 g/mol. The van der Waals surface area contributed by atoms with E-state index in [9.17, 15) is 10.2 Å². The van der Waals surface area contributed by atoms with Gasteiger partial charge in [-0.2, -0.15) is 0 Å². The van der Waals surface area contributed by atoms with Gasteiger partial charge >= 0.3 is 0 Å². The smallest absolute Gasteiger partial charge is 0.200 e. The highest BCUT2D eigenvalue weighted by atomic mass is 16.5. The summed E-state index contributed by atoms with van der Waals surface area (Å²) < 4.78 is 6.00. The second-order valence-corrected chi connectivity index (χ2v) is 6.42. The molecule has 0 saturated heterocycles. The summed E-state index contributed by atoms with van der Waals surface area (Å²) in [6.07, 6.45) is 13.3. The maximum atomic E-state index is 9.92. The van der Waals surface area contributed by atoms with Crippen molar-refractivity contribution >= 4 is 0 Å². The van der Waals surface area contributed by atoms with E-state index in [1.807, 2.05) is 0 Å². The van der Waals surface area contributed by atoms with Gasteiger partial charge in [0.1, 0.15) is 0 Å². The number of phenolic OH excluding ortho intramolecular Hbond substituents is 2. The quantitative estimate of drug-likeness (QED) is 0.337. The summed E-state index contributed by atoms with van der Waals surface area (Å²) in [5, 5.41) is 19.5. The molecule has 0 radical (unpaired) electrons. The Kier molecular flexibility index (Phi) is 10.3. The molecule has 1 aromatic rings. The third-order valence-electron chi connectivity index (χ3n) is 4.28. The molecular formula is C20H34O3. The number of phenols is 2. The lowest BCUT2D eigenvalue weighted by molar-refractivity contribution is 0.165. The minimum Gasteiger partial charge on any atom is -0.504 e. The van der Waals surface area contributed by atoms with Crippen LogP contribution in [0.1, 0.15) is 84.5 Å². The van der Waals surface area contributed by atoms with Crippen LogP contribution in [0.4, 0.5) is 0 Å². The van der Waals surface area contributed by atoms with Crippen molar-refractivity contribution in [3.8, 4) is 17.2 Å². The molecule has 132 valence electrons. The molecule has 0 saturated carbocycles. The molecule has 0 aliphatic carbocycles. The summed E-state index contributed by atoms with van der Waals surface area (Å²) >= 11 is 0. The predicted octanol–water partition coefficient (Wildman–Crippen LogP) is 6.18. The van der Waals surface area contributed by atoms with E-state index in [4.69, 9.17) is 4.74 Å². The first-order chi connectivity index (χ1) is 11.2. The average Bonchev–Trinajstić information content (AvgIpc) is 2.55. The van der Waals surface area contributed by atoms with Crippen molar-refractivity contribution in [1.82, 2.24) is 0 Å². The first-order valence-electron chi connectivity index (χ1n) is 9.36. The zero-order valence-corrected chi connectivity index (χ0v) is 14.9. The van der Waals surface area contributed by atoms with E-state index in [0.717, 1.165) is 25.7 Å². The van der Waals surface area contributed by atoms with Gasteiger partial charge in [-0.15, -0.1) is 0 Å². The van der Waals surface area contributed by atoms with Crippen molar-refractivity contribution in [1.29, 1.82) is 0 Å². The number of ether oxygens (including phenoxy) is 1. The van der Waals surface area contributed by atoms with E-state index in [2.05, 4.69) is 13.8 Å². The molecule has 1 rings (SSSR count). The highest BCUT2D eigenvalue weighted by Gasteiger charge is 2.14. The molecule has 1 atom stereocenters. The van der Waals surface area contributed by atoms with Crippen LogP contribution in [-0.2, 0) is 0 Å². The predicted molar refractivity (Wildman–Crippen MR) is 96.3 cm³/mol. The van der Waals surface area contributed by atoms with Gasteiger partial charge in [-0.3, -0.25) is 0 Å². The van der Waals surface area contributed by atoms with E-state index in [1.165, 1.54) is 51.0 Å². The minimum absolute atomic E-state index is 0.116. The second kappa shape index (κ2) is 12.1. The molecule has 0 fully saturated rings. The Bertz CT molecular complexity index is 417. The zero-order valence-electron chi connectivity index (χ0n) is 14.9. The summed E-state index contributed by atoms with van der Waals surface area (Å²) in [7, 11) is 0. The number of hydrogen-bond acceptors (Lipinski definition) is 3. The van der Waals surface area contributed by atoms with Crippen LogP contribution >= 0.6 is 0 Å². The molecule has 23 heavy (non-hydrogen) atoms. The summed E-state index contributed by atoms with van der Waals surface area (Å²) in [6, 6.07) is 4.91. The Morgan fingerprint density at radius 1 is 0.826 bits per heavy atom. The maximum Gasteiger partial charge on any atom is 0.200 e. The van der Waals surface area contributed by atoms with E-state index in [-0.39, 0.29) is 17.6 Å². The van der Waals surface area contributed by atoms with Gasteiger partial charge in [0.05, 0.1) is 6.10 Å². The third kappa shape index (κ3) is 8.15. The first kappa shape index (κ1) is 19.7. The van der Waals surface area contributed by atoms with Gasteiger partial charge in [-0.05, 0) is 37.8 Å². The van der Waals surface area contributed by atoms with Crippen molar-refractivity contribution < 1.29 is 14.9 Å². The molecule has 1 aromatic carbocycles. The zero-order chi connectivity index (χ0) is 16.9. The van der Waals surface area contributed by atoms with E-state index in [0.29, 0.717) is 5.75 Å². The molecule has 0 amide bonds. The lowest BCUT2D eigenvalue weighted by Crippen LogP contribution is -2.16. The fourth-order valence-electron chi connectivity index (χ4n) is 2.82. The van der Waals surface area contributed by atoms with E-state index < -0.39 is 0 Å². The van der Waals surface area contributed by atoms with Crippen LogP contribution in [0.25, 0.3) is 0 Å². The fourth-order valence-corrected chi connectivity index (χ4v) is 2.82. The number of unbranched alkanes of at least 4 members (excludes halogenated alkanes) is 7. The fraction of sp³-hybridized carbons (Fsp3) is 0.700. The SMILES string of the molecule is CCCCCCCC(CCCCCC)Oc1cccc(O)c1O. The Morgan fingerprint density at radius 2 is 1.39 bits per heavy atom. The Labute approximate surface area is 141 Å². The molecule has 0 bridgehead atoms. The van der Waals surface area contributed by atoms with Crippen molar-refractivity contribution in [2.24, 2.45) is 0 Å². The molecule has 3 nitrogen and oxygen atoms in total. The second-order valence-electron chi connectivity index (χ2n) is 6.42. The Hall–Kier alpha value is -1.38. The van der Waals surface area contributed by atoms with Gasteiger partial charge in [-0.1, -0.05) is 64.9 Å². The van der Waals surface area contributed by atoms with E-state index >= 15 is 0 Å². The molecule has 1 unspecified atom stereocenters. The number of hydrogen-bond donors (Lipinski definition) is 2. The topological polar surface area (TPSA) is 49.7 Å². The van der Waals surface area contributed by atoms with Crippen LogP contribution in [0.3, 0.4) is 0 Å².